The molecule has 1 aliphatic heterocycles. The minimum absolute atomic E-state index is 0.0218. The molecular formula is C16H13F2NO2. The number of carbonyl (C=O) groups is 1. The highest BCUT2D eigenvalue weighted by Crippen LogP contribution is 2.35. The molecule has 1 N–H and O–H groups in total. The molecule has 0 spiro atoms. The van der Waals surface area contributed by atoms with E-state index in [-0.39, 0.29) is 23.9 Å². The average Bonchev–Trinajstić information content (AvgIpc) is 2.86. The van der Waals surface area contributed by atoms with Crippen LogP contribution in [0.25, 0.3) is 0 Å². The van der Waals surface area contributed by atoms with Crippen LogP contribution in [0.15, 0.2) is 42.5 Å². The molecule has 3 rings (SSSR count). The van der Waals surface area contributed by atoms with Gasteiger partial charge < -0.3 is 10.1 Å². The van der Waals surface area contributed by atoms with Crippen LogP contribution >= 0.6 is 0 Å². The number of hydrogen-bond acceptors (Lipinski definition) is 2. The monoisotopic (exact) mass is 289 g/mol. The molecule has 2 aromatic rings. The van der Waals surface area contributed by atoms with Crippen molar-refractivity contribution in [3.05, 3.63) is 59.7 Å². The van der Waals surface area contributed by atoms with Gasteiger partial charge in [0.15, 0.2) is 11.6 Å². The lowest BCUT2D eigenvalue weighted by Crippen LogP contribution is -2.16. The van der Waals surface area contributed by atoms with Crippen molar-refractivity contribution in [2.24, 2.45) is 0 Å². The predicted molar refractivity (Wildman–Crippen MR) is 74.3 cm³/mol. The second kappa shape index (κ2) is 5.52. The van der Waals surface area contributed by atoms with Crippen LogP contribution in [0.2, 0.25) is 0 Å². The smallest absolute Gasteiger partial charge is 0.225 e. The van der Waals surface area contributed by atoms with Gasteiger partial charge in [0, 0.05) is 29.7 Å². The Morgan fingerprint density at radius 3 is 2.81 bits per heavy atom. The Morgan fingerprint density at radius 1 is 1.19 bits per heavy atom. The van der Waals surface area contributed by atoms with E-state index in [4.69, 9.17) is 4.74 Å². The lowest BCUT2D eigenvalue weighted by atomic mass is 9.97. The standard InChI is InChI=1S/C16H13F2NO2/c17-13-6-5-11(8-14(13)18)19-16(20)7-10-9-21-15-4-2-1-3-12(10)15/h1-6,8,10H,7,9H2,(H,19,20). The largest absolute Gasteiger partial charge is 0.493 e. The van der Waals surface area contributed by atoms with E-state index in [0.29, 0.717) is 6.61 Å². The fourth-order valence-corrected chi connectivity index (χ4v) is 2.41. The maximum Gasteiger partial charge on any atom is 0.225 e. The Bertz CT molecular complexity index is 688. The molecule has 0 fully saturated rings. The van der Waals surface area contributed by atoms with Crippen LogP contribution in [0.1, 0.15) is 17.9 Å². The van der Waals surface area contributed by atoms with Gasteiger partial charge in [-0.15, -0.1) is 0 Å². The van der Waals surface area contributed by atoms with Crippen molar-refractivity contribution in [1.29, 1.82) is 0 Å². The Morgan fingerprint density at radius 2 is 2.00 bits per heavy atom. The molecule has 5 heteroatoms. The van der Waals surface area contributed by atoms with Crippen LogP contribution in [0, 0.1) is 11.6 Å². The highest BCUT2D eigenvalue weighted by Gasteiger charge is 2.25. The van der Waals surface area contributed by atoms with Gasteiger partial charge in [-0.1, -0.05) is 18.2 Å². The zero-order valence-electron chi connectivity index (χ0n) is 11.1. The lowest BCUT2D eigenvalue weighted by molar-refractivity contribution is -0.116. The van der Waals surface area contributed by atoms with Crippen molar-refractivity contribution in [3.8, 4) is 5.75 Å². The van der Waals surface area contributed by atoms with Gasteiger partial charge in [-0.25, -0.2) is 8.78 Å². The molecule has 0 saturated heterocycles. The van der Waals surface area contributed by atoms with E-state index in [0.717, 1.165) is 23.4 Å². The maximum atomic E-state index is 13.1. The number of fused-ring (bicyclic) bond motifs is 1. The molecule has 0 radical (unpaired) electrons. The number of carbonyl (C=O) groups excluding carboxylic acids is 1. The van der Waals surface area contributed by atoms with Gasteiger partial charge in [-0.05, 0) is 18.2 Å². The molecule has 1 unspecified atom stereocenters. The van der Waals surface area contributed by atoms with Crippen molar-refractivity contribution in [3.63, 3.8) is 0 Å². The van der Waals surface area contributed by atoms with Crippen LogP contribution in [0.4, 0.5) is 14.5 Å². The molecule has 0 saturated carbocycles. The summed E-state index contributed by atoms with van der Waals surface area (Å²) in [7, 11) is 0. The molecule has 1 heterocycles. The molecule has 0 aliphatic carbocycles. The maximum absolute atomic E-state index is 13.1. The van der Waals surface area contributed by atoms with E-state index in [1.54, 1.807) is 0 Å². The quantitative estimate of drug-likeness (QED) is 0.939. The summed E-state index contributed by atoms with van der Waals surface area (Å²) in [6.45, 7) is 0.449. The molecular weight excluding hydrogens is 276 g/mol. The van der Waals surface area contributed by atoms with Crippen LogP contribution in [-0.4, -0.2) is 12.5 Å². The van der Waals surface area contributed by atoms with Crippen molar-refractivity contribution in [1.82, 2.24) is 0 Å². The molecule has 21 heavy (non-hydrogen) atoms. The summed E-state index contributed by atoms with van der Waals surface area (Å²) in [6.07, 6.45) is 0.232. The predicted octanol–water partition coefficient (Wildman–Crippen LogP) is 3.47. The number of halogens is 2. The van der Waals surface area contributed by atoms with Crippen molar-refractivity contribution in [2.75, 3.05) is 11.9 Å². The molecule has 108 valence electrons. The Balaban J connectivity index is 1.66. The first-order chi connectivity index (χ1) is 10.1. The molecule has 1 aliphatic rings. The van der Waals surface area contributed by atoms with Gasteiger partial charge in [-0.3, -0.25) is 4.79 Å². The highest BCUT2D eigenvalue weighted by atomic mass is 19.2. The Labute approximate surface area is 120 Å². The molecule has 1 atom stereocenters. The minimum Gasteiger partial charge on any atom is -0.493 e. The second-order valence-electron chi connectivity index (χ2n) is 4.93. The second-order valence-corrected chi connectivity index (χ2v) is 4.93. The summed E-state index contributed by atoms with van der Waals surface area (Å²) >= 11 is 0. The fraction of sp³-hybridized carbons (Fsp3) is 0.188. The summed E-state index contributed by atoms with van der Waals surface area (Å²) in [6, 6.07) is 10.8. The molecule has 0 bridgehead atoms. The number of ether oxygens (including phenoxy) is 1. The van der Waals surface area contributed by atoms with Gasteiger partial charge in [0.2, 0.25) is 5.91 Å². The number of rotatable bonds is 3. The summed E-state index contributed by atoms with van der Waals surface area (Å²) in [5, 5.41) is 2.57. The van der Waals surface area contributed by atoms with E-state index in [1.165, 1.54) is 6.07 Å². The lowest BCUT2D eigenvalue weighted by Gasteiger charge is -2.10. The number of hydrogen-bond donors (Lipinski definition) is 1. The summed E-state index contributed by atoms with van der Waals surface area (Å²) < 4.78 is 31.4. The van der Waals surface area contributed by atoms with E-state index < -0.39 is 11.6 Å². The molecule has 3 nitrogen and oxygen atoms in total. The number of anilines is 1. The highest BCUT2D eigenvalue weighted by molar-refractivity contribution is 5.91. The third-order valence-corrected chi connectivity index (χ3v) is 3.43. The topological polar surface area (TPSA) is 38.3 Å². The van der Waals surface area contributed by atoms with Crippen molar-refractivity contribution >= 4 is 11.6 Å². The third kappa shape index (κ3) is 2.86. The third-order valence-electron chi connectivity index (χ3n) is 3.43. The van der Waals surface area contributed by atoms with Crippen LogP contribution in [0.3, 0.4) is 0 Å². The molecule has 2 aromatic carbocycles. The Hall–Kier alpha value is -2.43. The summed E-state index contributed by atoms with van der Waals surface area (Å²) in [5.41, 5.74) is 1.24. The minimum atomic E-state index is -0.984. The SMILES string of the molecule is O=C(CC1COc2ccccc21)Nc1ccc(F)c(F)c1. The first kappa shape index (κ1) is 13.5. The van der Waals surface area contributed by atoms with Gasteiger partial charge in [0.25, 0.3) is 0 Å². The van der Waals surface area contributed by atoms with E-state index in [9.17, 15) is 13.6 Å². The zero-order valence-corrected chi connectivity index (χ0v) is 11.1. The molecule has 0 aromatic heterocycles. The van der Waals surface area contributed by atoms with Crippen LogP contribution in [0.5, 0.6) is 5.75 Å². The number of amides is 1. The van der Waals surface area contributed by atoms with Gasteiger partial charge >= 0.3 is 0 Å². The zero-order chi connectivity index (χ0) is 14.8. The Kier molecular flexibility index (Phi) is 3.56. The van der Waals surface area contributed by atoms with Gasteiger partial charge in [0.05, 0.1) is 6.61 Å². The number of para-hydroxylation sites is 1. The summed E-state index contributed by atoms with van der Waals surface area (Å²) in [4.78, 5) is 12.0. The first-order valence-electron chi connectivity index (χ1n) is 6.60. The number of benzene rings is 2. The van der Waals surface area contributed by atoms with E-state index in [2.05, 4.69) is 5.32 Å². The van der Waals surface area contributed by atoms with Gasteiger partial charge in [-0.2, -0.15) is 0 Å². The number of nitrogens with one attached hydrogen (secondary N) is 1. The normalized spacial score (nSPS) is 16.2. The van der Waals surface area contributed by atoms with Gasteiger partial charge in [0.1, 0.15) is 5.75 Å². The van der Waals surface area contributed by atoms with Crippen LogP contribution in [-0.2, 0) is 4.79 Å². The van der Waals surface area contributed by atoms with E-state index in [1.807, 2.05) is 24.3 Å². The van der Waals surface area contributed by atoms with Crippen LogP contribution < -0.4 is 10.1 Å². The van der Waals surface area contributed by atoms with Crippen molar-refractivity contribution < 1.29 is 18.3 Å². The fourth-order valence-electron chi connectivity index (χ4n) is 2.41. The molecule has 1 amide bonds. The average molecular weight is 289 g/mol. The summed E-state index contributed by atoms with van der Waals surface area (Å²) in [5.74, 6) is -1.41. The van der Waals surface area contributed by atoms with E-state index >= 15 is 0 Å². The first-order valence-corrected chi connectivity index (χ1v) is 6.60. The van der Waals surface area contributed by atoms with Crippen molar-refractivity contribution in [2.45, 2.75) is 12.3 Å².